The molecule has 2 unspecified atom stereocenters. The van der Waals surface area contributed by atoms with E-state index in [0.29, 0.717) is 18.8 Å². The lowest BCUT2D eigenvalue weighted by atomic mass is 10.2. The fraction of sp³-hybridized carbons (Fsp3) is 0.600. The van der Waals surface area contributed by atoms with Crippen LogP contribution < -0.4 is 10.5 Å². The first-order valence-corrected chi connectivity index (χ1v) is 7.10. The maximum absolute atomic E-state index is 11.8. The normalized spacial score (nSPS) is 13.6. The molecule has 5 heteroatoms. The quantitative estimate of drug-likeness (QED) is 0.738. The number of pyridine rings is 1. The van der Waals surface area contributed by atoms with Crippen molar-refractivity contribution in [2.45, 2.75) is 52.2 Å². The number of hydrogen-bond acceptors (Lipinski definition) is 5. The van der Waals surface area contributed by atoms with Gasteiger partial charge in [-0.3, -0.25) is 4.98 Å². The van der Waals surface area contributed by atoms with Crippen LogP contribution in [0.4, 0.5) is 0 Å². The molecule has 0 aromatic carbocycles. The molecule has 0 aliphatic heterocycles. The molecule has 0 bridgehead atoms. The van der Waals surface area contributed by atoms with Crippen molar-refractivity contribution in [3.63, 3.8) is 0 Å². The van der Waals surface area contributed by atoms with Gasteiger partial charge < -0.3 is 15.2 Å². The molecule has 0 saturated carbocycles. The number of esters is 1. The van der Waals surface area contributed by atoms with E-state index in [1.165, 1.54) is 0 Å². The van der Waals surface area contributed by atoms with Crippen molar-refractivity contribution in [2.75, 3.05) is 6.61 Å². The number of carbonyl (C=O) groups excluding carboxylic acids is 1. The van der Waals surface area contributed by atoms with Crippen molar-refractivity contribution in [2.24, 2.45) is 5.73 Å². The van der Waals surface area contributed by atoms with E-state index in [4.69, 9.17) is 15.2 Å². The van der Waals surface area contributed by atoms with Crippen molar-refractivity contribution < 1.29 is 14.3 Å². The molecule has 1 aromatic heterocycles. The topological polar surface area (TPSA) is 74.4 Å². The molecular formula is C15H24N2O3. The fourth-order valence-electron chi connectivity index (χ4n) is 1.82. The van der Waals surface area contributed by atoms with E-state index in [9.17, 15) is 4.79 Å². The highest BCUT2D eigenvalue weighted by Crippen LogP contribution is 2.15. The first-order chi connectivity index (χ1) is 9.56. The summed E-state index contributed by atoms with van der Waals surface area (Å²) in [6.07, 6.45) is 3.25. The second kappa shape index (κ2) is 8.53. The van der Waals surface area contributed by atoms with Gasteiger partial charge in [-0.1, -0.05) is 13.3 Å². The van der Waals surface area contributed by atoms with E-state index in [1.807, 2.05) is 26.0 Å². The summed E-state index contributed by atoms with van der Waals surface area (Å²) in [6, 6.07) is 3.75. The lowest BCUT2D eigenvalue weighted by Gasteiger charge is -2.17. The first kappa shape index (κ1) is 16.4. The van der Waals surface area contributed by atoms with Crippen LogP contribution >= 0.6 is 0 Å². The molecule has 5 nitrogen and oxygen atoms in total. The summed E-state index contributed by atoms with van der Waals surface area (Å²) >= 11 is 0. The molecule has 2 N–H and O–H groups in total. The monoisotopic (exact) mass is 280 g/mol. The van der Waals surface area contributed by atoms with Gasteiger partial charge in [0.25, 0.3) is 0 Å². The lowest BCUT2D eigenvalue weighted by molar-refractivity contribution is -0.151. The summed E-state index contributed by atoms with van der Waals surface area (Å²) in [4.78, 5) is 16.0. The molecule has 1 aromatic rings. The Bertz CT molecular complexity index is 404. The molecule has 0 radical (unpaired) electrons. The molecular weight excluding hydrogens is 256 g/mol. The molecule has 0 aliphatic carbocycles. The van der Waals surface area contributed by atoms with Crippen LogP contribution in [0, 0.1) is 0 Å². The summed E-state index contributed by atoms with van der Waals surface area (Å²) in [7, 11) is 0. The van der Waals surface area contributed by atoms with Gasteiger partial charge in [0, 0.05) is 18.2 Å². The summed E-state index contributed by atoms with van der Waals surface area (Å²) in [5.41, 5.74) is 6.64. The Kier molecular flexibility index (Phi) is 7.01. The van der Waals surface area contributed by atoms with Gasteiger partial charge in [0.1, 0.15) is 5.75 Å². The van der Waals surface area contributed by atoms with Crippen molar-refractivity contribution in [3.05, 3.63) is 24.0 Å². The van der Waals surface area contributed by atoms with Crippen LogP contribution in [-0.2, 0) is 16.0 Å². The fourth-order valence-corrected chi connectivity index (χ4v) is 1.82. The summed E-state index contributed by atoms with van der Waals surface area (Å²) in [6.45, 7) is 6.07. The summed E-state index contributed by atoms with van der Waals surface area (Å²) in [5.74, 6) is 0.249. The number of aromatic nitrogens is 1. The third kappa shape index (κ3) is 5.57. The van der Waals surface area contributed by atoms with E-state index in [0.717, 1.165) is 18.5 Å². The molecule has 0 fully saturated rings. The minimum Gasteiger partial charge on any atom is -0.477 e. The van der Waals surface area contributed by atoms with Crippen LogP contribution in [0.15, 0.2) is 18.3 Å². The summed E-state index contributed by atoms with van der Waals surface area (Å²) < 4.78 is 10.7. The van der Waals surface area contributed by atoms with Crippen molar-refractivity contribution in [3.8, 4) is 5.75 Å². The zero-order chi connectivity index (χ0) is 15.0. The number of carbonyl (C=O) groups is 1. The summed E-state index contributed by atoms with van der Waals surface area (Å²) in [5, 5.41) is 0. The Morgan fingerprint density at radius 2 is 2.15 bits per heavy atom. The molecule has 0 saturated heterocycles. The highest BCUT2D eigenvalue weighted by molar-refractivity contribution is 5.75. The lowest BCUT2D eigenvalue weighted by Crippen LogP contribution is -2.29. The largest absolute Gasteiger partial charge is 0.477 e. The number of ether oxygens (including phenoxy) is 2. The molecule has 0 aliphatic rings. The van der Waals surface area contributed by atoms with Gasteiger partial charge in [-0.05, 0) is 32.4 Å². The van der Waals surface area contributed by atoms with Crippen LogP contribution in [0.2, 0.25) is 0 Å². The minimum atomic E-state index is -0.568. The molecule has 1 heterocycles. The van der Waals surface area contributed by atoms with Gasteiger partial charge in [0.2, 0.25) is 0 Å². The zero-order valence-corrected chi connectivity index (χ0v) is 12.5. The molecule has 2 atom stereocenters. The highest BCUT2D eigenvalue weighted by Gasteiger charge is 2.20. The Labute approximate surface area is 120 Å². The second-order valence-electron chi connectivity index (χ2n) is 4.81. The predicted octanol–water partition coefficient (Wildman–Crippen LogP) is 2.08. The molecule has 0 amide bonds. The minimum absolute atomic E-state index is 0.0710. The van der Waals surface area contributed by atoms with Crippen molar-refractivity contribution in [1.82, 2.24) is 4.98 Å². The Morgan fingerprint density at radius 1 is 1.40 bits per heavy atom. The average Bonchev–Trinajstić information content (AvgIpc) is 2.40. The van der Waals surface area contributed by atoms with Crippen LogP contribution in [0.5, 0.6) is 5.75 Å². The Hall–Kier alpha value is -1.62. The number of nitrogens with zero attached hydrogens (tertiary/aromatic N) is 1. The molecule has 0 spiro atoms. The van der Waals surface area contributed by atoms with Crippen LogP contribution in [0.25, 0.3) is 0 Å². The number of hydrogen-bond donors (Lipinski definition) is 1. The van der Waals surface area contributed by atoms with Gasteiger partial charge in [0.05, 0.1) is 12.8 Å². The molecule has 1 rings (SSSR count). The number of nitrogens with two attached hydrogens (primary N) is 1. The Morgan fingerprint density at radius 3 is 2.65 bits per heavy atom. The third-order valence-corrected chi connectivity index (χ3v) is 2.71. The predicted molar refractivity (Wildman–Crippen MR) is 77.5 cm³/mol. The highest BCUT2D eigenvalue weighted by atomic mass is 16.6. The zero-order valence-electron chi connectivity index (χ0n) is 12.5. The van der Waals surface area contributed by atoms with E-state index in [-0.39, 0.29) is 12.0 Å². The van der Waals surface area contributed by atoms with Gasteiger partial charge in [-0.2, -0.15) is 0 Å². The maximum Gasteiger partial charge on any atom is 0.347 e. The first-order valence-electron chi connectivity index (χ1n) is 7.10. The van der Waals surface area contributed by atoms with Gasteiger partial charge in [0.15, 0.2) is 6.10 Å². The molecule has 20 heavy (non-hydrogen) atoms. The standard InChI is InChI=1S/C15H24N2O3/c1-4-6-14(15(18)19-5-2)20-13-8-7-12(17-10-13)9-11(3)16/h7-8,10-11,14H,4-6,9,16H2,1-3H3. The van der Waals surface area contributed by atoms with Crippen LogP contribution in [-0.4, -0.2) is 29.7 Å². The van der Waals surface area contributed by atoms with E-state index < -0.39 is 6.10 Å². The average molecular weight is 280 g/mol. The number of rotatable bonds is 8. The maximum atomic E-state index is 11.8. The van der Waals surface area contributed by atoms with E-state index in [2.05, 4.69) is 4.98 Å². The van der Waals surface area contributed by atoms with Gasteiger partial charge in [-0.15, -0.1) is 0 Å². The van der Waals surface area contributed by atoms with Crippen LogP contribution in [0.3, 0.4) is 0 Å². The van der Waals surface area contributed by atoms with Crippen molar-refractivity contribution >= 4 is 5.97 Å². The SMILES string of the molecule is CCCC(Oc1ccc(CC(C)N)nc1)C(=O)OCC. The smallest absolute Gasteiger partial charge is 0.347 e. The second-order valence-corrected chi connectivity index (χ2v) is 4.81. The molecule has 112 valence electrons. The third-order valence-electron chi connectivity index (χ3n) is 2.71. The van der Waals surface area contributed by atoms with E-state index >= 15 is 0 Å². The van der Waals surface area contributed by atoms with Gasteiger partial charge in [-0.25, -0.2) is 4.79 Å². The van der Waals surface area contributed by atoms with Gasteiger partial charge >= 0.3 is 5.97 Å². The van der Waals surface area contributed by atoms with Crippen molar-refractivity contribution in [1.29, 1.82) is 0 Å². The van der Waals surface area contributed by atoms with E-state index in [1.54, 1.807) is 13.1 Å². The Balaban J connectivity index is 2.66. The van der Waals surface area contributed by atoms with Crippen LogP contribution in [0.1, 0.15) is 39.3 Å².